The highest BCUT2D eigenvalue weighted by atomic mass is 16.5. The van der Waals surface area contributed by atoms with E-state index in [0.29, 0.717) is 18.4 Å². The maximum absolute atomic E-state index is 12.6. The lowest BCUT2D eigenvalue weighted by Gasteiger charge is -2.35. The molecule has 2 heterocycles. The van der Waals surface area contributed by atoms with Gasteiger partial charge in [0.1, 0.15) is 24.1 Å². The van der Waals surface area contributed by atoms with Crippen molar-refractivity contribution in [3.63, 3.8) is 0 Å². The summed E-state index contributed by atoms with van der Waals surface area (Å²) in [6.45, 7) is 1.38. The van der Waals surface area contributed by atoms with E-state index < -0.39 is 0 Å². The summed E-state index contributed by atoms with van der Waals surface area (Å²) in [7, 11) is 1.65. The van der Waals surface area contributed by atoms with E-state index in [2.05, 4.69) is 24.3 Å². The Bertz CT molecular complexity index is 1390. The fourth-order valence-electron chi connectivity index (χ4n) is 5.43. The predicted molar refractivity (Wildman–Crippen MR) is 127 cm³/mol. The molecule has 166 valence electrons. The van der Waals surface area contributed by atoms with Gasteiger partial charge in [0.15, 0.2) is 5.58 Å². The summed E-state index contributed by atoms with van der Waals surface area (Å²) >= 11 is 0. The first-order valence-corrected chi connectivity index (χ1v) is 11.5. The molecule has 1 N–H and O–H groups in total. The number of ether oxygens (including phenoxy) is 2. The standard InChI is InChI=1S/C28H25NO4/c1-31-20-11-9-19(10-12-20)23-15-27(30)33-28-22(23)13-14-26-24(28)16-29(17-32-26)25-8-4-6-18-5-2-3-7-21(18)25/h2-3,5,7,9-15,25H,4,6,8,16-17H2,1H3/p+1/t25-/m0/s1. The van der Waals surface area contributed by atoms with Gasteiger partial charge in [-0.05, 0) is 53.8 Å². The molecule has 2 atom stereocenters. The Balaban J connectivity index is 1.43. The molecule has 5 nitrogen and oxygen atoms in total. The lowest BCUT2D eigenvalue weighted by Crippen LogP contribution is -3.12. The van der Waals surface area contributed by atoms with Gasteiger partial charge in [0, 0.05) is 23.4 Å². The highest BCUT2D eigenvalue weighted by Crippen LogP contribution is 2.35. The summed E-state index contributed by atoms with van der Waals surface area (Å²) < 4.78 is 17.3. The van der Waals surface area contributed by atoms with Crippen molar-refractivity contribution in [2.24, 2.45) is 0 Å². The van der Waals surface area contributed by atoms with Gasteiger partial charge in [-0.3, -0.25) is 4.90 Å². The molecule has 3 aromatic carbocycles. The SMILES string of the molecule is COc1ccc(-c2cc(=O)oc3c4c(ccc23)OC[NH+]([C@H]2CCCc3ccccc32)C4)cc1. The molecular weight excluding hydrogens is 414 g/mol. The molecule has 4 aromatic rings. The third-order valence-electron chi connectivity index (χ3n) is 7.05. The zero-order valence-corrected chi connectivity index (χ0v) is 18.6. The van der Waals surface area contributed by atoms with Crippen LogP contribution < -0.4 is 20.0 Å². The van der Waals surface area contributed by atoms with Crippen LogP contribution in [0.5, 0.6) is 11.5 Å². The molecular formula is C28H26NO4+. The van der Waals surface area contributed by atoms with Crippen molar-refractivity contribution < 1.29 is 18.8 Å². The Hall–Kier alpha value is -3.57. The predicted octanol–water partition coefficient (Wildman–Crippen LogP) is 4.28. The zero-order chi connectivity index (χ0) is 22.4. The van der Waals surface area contributed by atoms with Crippen LogP contribution in [0.3, 0.4) is 0 Å². The topological polar surface area (TPSA) is 53.1 Å². The minimum Gasteiger partial charge on any atom is -0.497 e. The van der Waals surface area contributed by atoms with Gasteiger partial charge < -0.3 is 13.9 Å². The number of aryl methyl sites for hydroxylation is 1. The molecule has 0 saturated heterocycles. The van der Waals surface area contributed by atoms with Gasteiger partial charge in [0.05, 0.1) is 12.7 Å². The van der Waals surface area contributed by atoms with Crippen molar-refractivity contribution in [1.82, 2.24) is 0 Å². The number of fused-ring (bicyclic) bond motifs is 4. The summed E-state index contributed by atoms with van der Waals surface area (Å²) in [5.74, 6) is 1.59. The molecule has 33 heavy (non-hydrogen) atoms. The summed E-state index contributed by atoms with van der Waals surface area (Å²) in [5, 5.41) is 0.924. The highest BCUT2D eigenvalue weighted by Gasteiger charge is 2.34. The molecule has 0 radical (unpaired) electrons. The second kappa shape index (κ2) is 8.09. The zero-order valence-electron chi connectivity index (χ0n) is 18.6. The van der Waals surface area contributed by atoms with E-state index in [9.17, 15) is 4.79 Å². The third kappa shape index (κ3) is 3.49. The molecule has 0 fully saturated rings. The summed E-state index contributed by atoms with van der Waals surface area (Å²) in [4.78, 5) is 14.0. The van der Waals surface area contributed by atoms with Crippen molar-refractivity contribution in [2.75, 3.05) is 13.8 Å². The van der Waals surface area contributed by atoms with Crippen molar-refractivity contribution in [1.29, 1.82) is 0 Å². The number of quaternary nitrogens is 1. The van der Waals surface area contributed by atoms with Crippen molar-refractivity contribution in [2.45, 2.75) is 31.8 Å². The molecule has 0 bridgehead atoms. The first kappa shape index (κ1) is 20.1. The summed E-state index contributed by atoms with van der Waals surface area (Å²) in [6.07, 6.45) is 3.46. The van der Waals surface area contributed by atoms with Crippen LogP contribution in [0.15, 0.2) is 75.9 Å². The minimum absolute atomic E-state index is 0.350. The monoisotopic (exact) mass is 440 g/mol. The van der Waals surface area contributed by atoms with Crippen molar-refractivity contribution in [3.05, 3.63) is 93.8 Å². The van der Waals surface area contributed by atoms with E-state index >= 15 is 0 Å². The third-order valence-corrected chi connectivity index (χ3v) is 7.05. The maximum atomic E-state index is 12.6. The highest BCUT2D eigenvalue weighted by molar-refractivity contribution is 5.95. The second-order valence-electron chi connectivity index (χ2n) is 8.89. The lowest BCUT2D eigenvalue weighted by molar-refractivity contribution is -0.963. The van der Waals surface area contributed by atoms with E-state index in [4.69, 9.17) is 13.9 Å². The molecule has 5 heteroatoms. The van der Waals surface area contributed by atoms with Crippen LogP contribution in [0.25, 0.3) is 22.1 Å². The van der Waals surface area contributed by atoms with E-state index in [1.807, 2.05) is 36.4 Å². The smallest absolute Gasteiger partial charge is 0.336 e. The Morgan fingerprint density at radius 3 is 2.73 bits per heavy atom. The van der Waals surface area contributed by atoms with Crippen LogP contribution in [-0.4, -0.2) is 13.8 Å². The van der Waals surface area contributed by atoms with E-state index in [1.165, 1.54) is 22.4 Å². The fourth-order valence-corrected chi connectivity index (χ4v) is 5.43. The number of methoxy groups -OCH3 is 1. The molecule has 6 rings (SSSR count). The van der Waals surface area contributed by atoms with Gasteiger partial charge in [-0.15, -0.1) is 0 Å². The molecule has 1 aromatic heterocycles. The van der Waals surface area contributed by atoms with Gasteiger partial charge in [-0.25, -0.2) is 4.79 Å². The number of hydrogen-bond acceptors (Lipinski definition) is 4. The van der Waals surface area contributed by atoms with E-state index in [1.54, 1.807) is 13.2 Å². The Morgan fingerprint density at radius 1 is 1.03 bits per heavy atom. The molecule has 2 aliphatic rings. The largest absolute Gasteiger partial charge is 0.497 e. The Kier molecular flexibility index (Phi) is 4.92. The molecule has 0 saturated carbocycles. The van der Waals surface area contributed by atoms with Crippen LogP contribution in [0.4, 0.5) is 0 Å². The first-order valence-electron chi connectivity index (χ1n) is 11.5. The average Bonchev–Trinajstić information content (AvgIpc) is 2.87. The van der Waals surface area contributed by atoms with Gasteiger partial charge >= 0.3 is 5.63 Å². The number of benzene rings is 3. The minimum atomic E-state index is -0.350. The van der Waals surface area contributed by atoms with Gasteiger partial charge in [-0.2, -0.15) is 0 Å². The molecule has 1 aliphatic carbocycles. The van der Waals surface area contributed by atoms with Gasteiger partial charge in [0.25, 0.3) is 0 Å². The van der Waals surface area contributed by atoms with Gasteiger partial charge in [-0.1, -0.05) is 36.4 Å². The number of nitrogens with one attached hydrogen (secondary N) is 1. The molecule has 1 aliphatic heterocycles. The quantitative estimate of drug-likeness (QED) is 0.483. The van der Waals surface area contributed by atoms with E-state index in [0.717, 1.165) is 53.0 Å². The summed E-state index contributed by atoms with van der Waals surface area (Å²) in [6, 6.07) is 22.5. The first-order chi connectivity index (χ1) is 16.2. The summed E-state index contributed by atoms with van der Waals surface area (Å²) in [5.41, 5.74) is 5.94. The number of rotatable bonds is 3. The normalized spacial score (nSPS) is 19.4. The molecule has 0 spiro atoms. The van der Waals surface area contributed by atoms with Crippen LogP contribution in [0.1, 0.15) is 35.6 Å². The Labute approximate surface area is 192 Å². The van der Waals surface area contributed by atoms with Gasteiger partial charge in [0.2, 0.25) is 6.73 Å². The van der Waals surface area contributed by atoms with Crippen LogP contribution in [0, 0.1) is 0 Å². The second-order valence-corrected chi connectivity index (χ2v) is 8.89. The Morgan fingerprint density at radius 2 is 1.88 bits per heavy atom. The lowest BCUT2D eigenvalue weighted by atomic mass is 9.86. The van der Waals surface area contributed by atoms with Crippen molar-refractivity contribution in [3.8, 4) is 22.6 Å². The maximum Gasteiger partial charge on any atom is 0.336 e. The number of hydrogen-bond donors (Lipinski definition) is 1. The average molecular weight is 441 g/mol. The fraction of sp³-hybridized carbons (Fsp3) is 0.250. The van der Waals surface area contributed by atoms with Crippen LogP contribution in [-0.2, 0) is 13.0 Å². The molecule has 1 unspecified atom stereocenters. The van der Waals surface area contributed by atoms with E-state index in [-0.39, 0.29) is 5.63 Å². The van der Waals surface area contributed by atoms with Crippen LogP contribution in [0.2, 0.25) is 0 Å². The van der Waals surface area contributed by atoms with Crippen molar-refractivity contribution >= 4 is 11.0 Å². The molecule has 0 amide bonds. The van der Waals surface area contributed by atoms with Crippen LogP contribution >= 0.6 is 0 Å².